The Hall–Kier alpha value is -1.47. The van der Waals surface area contributed by atoms with E-state index in [1.165, 1.54) is 4.88 Å². The van der Waals surface area contributed by atoms with Crippen molar-refractivity contribution in [2.45, 2.75) is 46.3 Å². The van der Waals surface area contributed by atoms with Crippen molar-refractivity contribution in [2.75, 3.05) is 5.32 Å². The Morgan fingerprint density at radius 3 is 2.84 bits per heavy atom. The molecule has 0 saturated carbocycles. The highest BCUT2D eigenvalue weighted by molar-refractivity contribution is 7.11. The van der Waals surface area contributed by atoms with E-state index in [9.17, 15) is 0 Å². The highest BCUT2D eigenvalue weighted by Crippen LogP contribution is 2.15. The van der Waals surface area contributed by atoms with Crippen molar-refractivity contribution in [1.29, 1.82) is 0 Å². The number of aromatic nitrogens is 3. The lowest BCUT2D eigenvalue weighted by Crippen LogP contribution is -2.21. The summed E-state index contributed by atoms with van der Waals surface area (Å²) in [5.41, 5.74) is 0. The number of anilines is 1. The third kappa shape index (κ3) is 4.29. The molecule has 2 aromatic rings. The number of hydrogen-bond donors (Lipinski definition) is 2. The first-order valence-corrected chi connectivity index (χ1v) is 7.22. The van der Waals surface area contributed by atoms with Crippen molar-refractivity contribution in [3.05, 3.63) is 22.0 Å². The van der Waals surface area contributed by atoms with E-state index in [-0.39, 0.29) is 0 Å². The predicted molar refractivity (Wildman–Crippen MR) is 75.1 cm³/mol. The molecule has 2 N–H and O–H groups in total. The standard InChI is InChI=1S/C12H19N5OS/c1-4-9-5-14-11(19-9)7-15-12-17-16-10(18-12)6-13-8(2)3/h5,8,13H,4,6-7H2,1-3H3,(H,15,17). The second-order valence-electron chi connectivity index (χ2n) is 4.46. The lowest BCUT2D eigenvalue weighted by Gasteiger charge is -2.03. The molecule has 0 aliphatic heterocycles. The first kappa shape index (κ1) is 14.0. The number of rotatable bonds is 7. The van der Waals surface area contributed by atoms with Gasteiger partial charge in [-0.2, -0.15) is 0 Å². The molecule has 0 spiro atoms. The van der Waals surface area contributed by atoms with Crippen LogP contribution < -0.4 is 10.6 Å². The Labute approximate surface area is 116 Å². The molecule has 0 fully saturated rings. The average Bonchev–Trinajstić information content (AvgIpc) is 3.03. The smallest absolute Gasteiger partial charge is 0.315 e. The summed E-state index contributed by atoms with van der Waals surface area (Å²) in [7, 11) is 0. The second-order valence-corrected chi connectivity index (χ2v) is 5.66. The molecule has 2 aromatic heterocycles. The van der Waals surface area contributed by atoms with E-state index < -0.39 is 0 Å². The molecule has 104 valence electrons. The third-order valence-electron chi connectivity index (χ3n) is 2.47. The minimum atomic E-state index is 0.395. The highest BCUT2D eigenvalue weighted by atomic mass is 32.1. The summed E-state index contributed by atoms with van der Waals surface area (Å²) in [5, 5.41) is 15.2. The fourth-order valence-corrected chi connectivity index (χ4v) is 2.23. The van der Waals surface area contributed by atoms with Gasteiger partial charge in [0.1, 0.15) is 5.01 Å². The molecule has 0 aliphatic rings. The van der Waals surface area contributed by atoms with Gasteiger partial charge in [0.2, 0.25) is 5.89 Å². The minimum Gasteiger partial charge on any atom is -0.407 e. The second kappa shape index (κ2) is 6.63. The molecule has 19 heavy (non-hydrogen) atoms. The molecule has 6 nitrogen and oxygen atoms in total. The van der Waals surface area contributed by atoms with Crippen LogP contribution in [0.15, 0.2) is 10.6 Å². The molecule has 2 rings (SSSR count). The maximum Gasteiger partial charge on any atom is 0.315 e. The van der Waals surface area contributed by atoms with Crippen LogP contribution in [-0.2, 0) is 19.5 Å². The lowest BCUT2D eigenvalue weighted by molar-refractivity contribution is 0.458. The summed E-state index contributed by atoms with van der Waals surface area (Å²) in [6.07, 6.45) is 2.93. The van der Waals surface area contributed by atoms with Crippen LogP contribution >= 0.6 is 11.3 Å². The summed E-state index contributed by atoms with van der Waals surface area (Å²) >= 11 is 1.70. The minimum absolute atomic E-state index is 0.395. The molecule has 0 amide bonds. The Kier molecular flexibility index (Phi) is 4.86. The van der Waals surface area contributed by atoms with Crippen molar-refractivity contribution in [1.82, 2.24) is 20.5 Å². The zero-order chi connectivity index (χ0) is 13.7. The quantitative estimate of drug-likeness (QED) is 0.810. The lowest BCUT2D eigenvalue weighted by atomic mass is 10.4. The van der Waals surface area contributed by atoms with Gasteiger partial charge >= 0.3 is 6.01 Å². The Morgan fingerprint density at radius 2 is 2.16 bits per heavy atom. The van der Waals surface area contributed by atoms with Crippen LogP contribution in [0.5, 0.6) is 0 Å². The van der Waals surface area contributed by atoms with Crippen LogP contribution in [-0.4, -0.2) is 21.2 Å². The highest BCUT2D eigenvalue weighted by Gasteiger charge is 2.07. The van der Waals surface area contributed by atoms with Gasteiger partial charge in [0, 0.05) is 17.1 Å². The zero-order valence-corrected chi connectivity index (χ0v) is 12.3. The fourth-order valence-electron chi connectivity index (χ4n) is 1.43. The molecule has 2 heterocycles. The van der Waals surface area contributed by atoms with Gasteiger partial charge in [-0.15, -0.1) is 16.4 Å². The van der Waals surface area contributed by atoms with Crippen LogP contribution in [0.2, 0.25) is 0 Å². The van der Waals surface area contributed by atoms with E-state index in [1.807, 2.05) is 6.20 Å². The van der Waals surface area contributed by atoms with Crippen molar-refractivity contribution in [3.8, 4) is 0 Å². The first-order chi connectivity index (χ1) is 9.17. The Bertz CT molecular complexity index is 508. The van der Waals surface area contributed by atoms with Gasteiger partial charge in [-0.3, -0.25) is 0 Å². The van der Waals surface area contributed by atoms with Crippen LogP contribution in [0.25, 0.3) is 0 Å². The van der Waals surface area contributed by atoms with Gasteiger partial charge in [-0.1, -0.05) is 25.9 Å². The van der Waals surface area contributed by atoms with Gasteiger partial charge in [0.05, 0.1) is 13.1 Å². The number of nitrogens with one attached hydrogen (secondary N) is 2. The molecule has 0 aliphatic carbocycles. The molecular weight excluding hydrogens is 262 g/mol. The largest absolute Gasteiger partial charge is 0.407 e. The Morgan fingerprint density at radius 1 is 1.32 bits per heavy atom. The average molecular weight is 281 g/mol. The summed E-state index contributed by atoms with van der Waals surface area (Å²) in [6, 6.07) is 0.833. The maximum atomic E-state index is 5.47. The zero-order valence-electron chi connectivity index (χ0n) is 11.4. The van der Waals surface area contributed by atoms with Gasteiger partial charge in [-0.05, 0) is 6.42 Å². The summed E-state index contributed by atoms with van der Waals surface area (Å²) in [5.74, 6) is 0.588. The SMILES string of the molecule is CCc1cnc(CNc2nnc(CNC(C)C)o2)s1. The van der Waals surface area contributed by atoms with E-state index in [2.05, 4.69) is 46.6 Å². The molecule has 7 heteroatoms. The van der Waals surface area contributed by atoms with E-state index in [1.54, 1.807) is 11.3 Å². The first-order valence-electron chi connectivity index (χ1n) is 6.40. The molecule has 0 aromatic carbocycles. The fraction of sp³-hybridized carbons (Fsp3) is 0.583. The van der Waals surface area contributed by atoms with Gasteiger partial charge in [0.25, 0.3) is 0 Å². The van der Waals surface area contributed by atoms with E-state index >= 15 is 0 Å². The normalized spacial score (nSPS) is 11.2. The molecule has 0 radical (unpaired) electrons. The molecule has 0 bridgehead atoms. The van der Waals surface area contributed by atoms with Crippen LogP contribution in [0.4, 0.5) is 6.01 Å². The van der Waals surface area contributed by atoms with Crippen molar-refractivity contribution in [3.63, 3.8) is 0 Å². The predicted octanol–water partition coefficient (Wildman–Crippen LogP) is 2.20. The van der Waals surface area contributed by atoms with Gasteiger partial charge < -0.3 is 15.1 Å². The topological polar surface area (TPSA) is 75.9 Å². The van der Waals surface area contributed by atoms with Crippen molar-refractivity contribution >= 4 is 17.4 Å². The molecular formula is C12H19N5OS. The monoisotopic (exact) mass is 281 g/mol. The van der Waals surface area contributed by atoms with E-state index in [0.29, 0.717) is 31.0 Å². The third-order valence-corrected chi connectivity index (χ3v) is 3.61. The number of aryl methyl sites for hydroxylation is 1. The van der Waals surface area contributed by atoms with E-state index in [4.69, 9.17) is 4.42 Å². The van der Waals surface area contributed by atoms with E-state index in [0.717, 1.165) is 11.4 Å². The molecule has 0 saturated heterocycles. The molecule has 0 atom stereocenters. The number of thiazole rings is 1. The summed E-state index contributed by atoms with van der Waals surface area (Å²) in [6.45, 7) is 7.47. The summed E-state index contributed by atoms with van der Waals surface area (Å²) in [4.78, 5) is 5.60. The van der Waals surface area contributed by atoms with Crippen molar-refractivity contribution in [2.24, 2.45) is 0 Å². The van der Waals surface area contributed by atoms with Gasteiger partial charge in [-0.25, -0.2) is 4.98 Å². The molecule has 0 unspecified atom stereocenters. The van der Waals surface area contributed by atoms with Crippen molar-refractivity contribution < 1.29 is 4.42 Å². The van der Waals surface area contributed by atoms with Crippen LogP contribution in [0.1, 0.15) is 36.5 Å². The number of hydrogen-bond acceptors (Lipinski definition) is 7. The summed E-state index contributed by atoms with van der Waals surface area (Å²) < 4.78 is 5.47. The maximum absolute atomic E-state index is 5.47. The number of nitrogens with zero attached hydrogens (tertiary/aromatic N) is 3. The Balaban J connectivity index is 1.82. The van der Waals surface area contributed by atoms with Crippen LogP contribution in [0, 0.1) is 0 Å². The van der Waals surface area contributed by atoms with Gasteiger partial charge in [0.15, 0.2) is 0 Å². The van der Waals surface area contributed by atoms with Crippen LogP contribution in [0.3, 0.4) is 0 Å².